The summed E-state index contributed by atoms with van der Waals surface area (Å²) in [4.78, 5) is 38.3. The molecule has 7 heteroatoms. The summed E-state index contributed by atoms with van der Waals surface area (Å²) >= 11 is 0. The van der Waals surface area contributed by atoms with Crippen molar-refractivity contribution in [2.45, 2.75) is 0 Å². The molecule has 0 radical (unpaired) electrons. The topological polar surface area (TPSA) is 99.3 Å². The summed E-state index contributed by atoms with van der Waals surface area (Å²) in [5.41, 5.74) is 0.525. The second-order valence-electron chi connectivity index (χ2n) is 5.71. The summed E-state index contributed by atoms with van der Waals surface area (Å²) in [6.45, 7) is -0.0695. The minimum atomic E-state index is -1.15. The fourth-order valence-electron chi connectivity index (χ4n) is 2.79. The molecule has 136 valence electrons. The number of aromatic nitrogens is 1. The third kappa shape index (κ3) is 3.92. The minimum absolute atomic E-state index is 0.0695. The van der Waals surface area contributed by atoms with Crippen molar-refractivity contribution in [1.82, 2.24) is 10.3 Å². The van der Waals surface area contributed by atoms with E-state index >= 15 is 0 Å². The van der Waals surface area contributed by atoms with Gasteiger partial charge in [-0.2, -0.15) is 0 Å². The van der Waals surface area contributed by atoms with E-state index in [-0.39, 0.29) is 12.1 Å². The first-order chi connectivity index (χ1) is 13.0. The van der Waals surface area contributed by atoms with Crippen LogP contribution in [-0.2, 0) is 4.79 Å². The molecule has 3 aromatic rings. The molecule has 1 amide bonds. The Hall–Kier alpha value is -3.74. The molecule has 0 aliphatic rings. The third-order valence-corrected chi connectivity index (χ3v) is 3.91. The molecule has 3 rings (SSSR count). The van der Waals surface area contributed by atoms with Gasteiger partial charge in [-0.1, -0.05) is 36.4 Å². The summed E-state index contributed by atoms with van der Waals surface area (Å²) in [6, 6.07) is 12.7. The van der Waals surface area contributed by atoms with Gasteiger partial charge in [-0.25, -0.2) is 9.18 Å². The lowest BCUT2D eigenvalue weighted by Gasteiger charge is -2.13. The van der Waals surface area contributed by atoms with Crippen LogP contribution in [-0.4, -0.2) is 28.5 Å². The van der Waals surface area contributed by atoms with Crippen LogP contribution in [0.3, 0.4) is 0 Å². The quantitative estimate of drug-likeness (QED) is 0.605. The van der Waals surface area contributed by atoms with Gasteiger partial charge in [-0.3, -0.25) is 9.59 Å². The van der Waals surface area contributed by atoms with E-state index in [9.17, 15) is 18.8 Å². The number of pyridine rings is 1. The normalized spacial score (nSPS) is 11.0. The lowest BCUT2D eigenvalue weighted by molar-refractivity contribution is -0.131. The molecular formula is C20H15FN2O4. The molecule has 0 aliphatic heterocycles. The van der Waals surface area contributed by atoms with E-state index in [0.717, 1.165) is 6.08 Å². The van der Waals surface area contributed by atoms with Gasteiger partial charge >= 0.3 is 5.97 Å². The lowest BCUT2D eigenvalue weighted by atomic mass is 9.95. The summed E-state index contributed by atoms with van der Waals surface area (Å²) in [5, 5.41) is 11.5. The predicted molar refractivity (Wildman–Crippen MR) is 99.1 cm³/mol. The Kier molecular flexibility index (Phi) is 5.12. The maximum absolute atomic E-state index is 13.8. The second-order valence-corrected chi connectivity index (χ2v) is 5.71. The third-order valence-electron chi connectivity index (χ3n) is 3.91. The molecule has 0 unspecified atom stereocenters. The van der Waals surface area contributed by atoms with Crippen LogP contribution in [0.15, 0.2) is 65.5 Å². The highest BCUT2D eigenvalue weighted by atomic mass is 19.1. The summed E-state index contributed by atoms with van der Waals surface area (Å²) in [7, 11) is 0. The number of nitrogens with one attached hydrogen (secondary N) is 2. The number of carboxylic acids is 1. The molecule has 6 nitrogen and oxygen atoms in total. The largest absolute Gasteiger partial charge is 0.478 e. The number of aliphatic carboxylic acids is 1. The van der Waals surface area contributed by atoms with E-state index in [4.69, 9.17) is 5.11 Å². The van der Waals surface area contributed by atoms with Crippen LogP contribution >= 0.6 is 0 Å². The van der Waals surface area contributed by atoms with Crippen LogP contribution in [0.5, 0.6) is 0 Å². The van der Waals surface area contributed by atoms with E-state index in [2.05, 4.69) is 10.3 Å². The van der Waals surface area contributed by atoms with Gasteiger partial charge < -0.3 is 15.4 Å². The average molecular weight is 366 g/mol. The molecule has 0 saturated heterocycles. The fraction of sp³-hybridized carbons (Fsp3) is 0.0500. The molecule has 0 saturated carbocycles. The highest BCUT2D eigenvalue weighted by Gasteiger charge is 2.20. The highest BCUT2D eigenvalue weighted by molar-refractivity contribution is 6.08. The number of carboxylic acid groups (broad SMARTS) is 1. The summed E-state index contributed by atoms with van der Waals surface area (Å²) in [5.74, 6) is -2.33. The Bertz CT molecular complexity index is 1100. The standard InChI is InChI=1S/C20H15FN2O4/c21-13-8-9-15-14(11-13)17(12-5-2-1-3-6-12)18(20(27)23-15)19(26)22-10-4-7-16(24)25/h1-9,11H,10H2,(H,22,26)(H,23,27)(H,24,25)/b7-4+. The number of carbonyl (C=O) groups excluding carboxylic acids is 1. The van der Waals surface area contributed by atoms with Crippen LogP contribution in [0.25, 0.3) is 22.0 Å². The maximum Gasteiger partial charge on any atom is 0.328 e. The molecule has 2 aromatic carbocycles. The second kappa shape index (κ2) is 7.65. The van der Waals surface area contributed by atoms with E-state index in [0.29, 0.717) is 22.0 Å². The van der Waals surface area contributed by atoms with Crippen LogP contribution in [0, 0.1) is 5.82 Å². The first kappa shape index (κ1) is 18.1. The van der Waals surface area contributed by atoms with E-state index in [1.165, 1.54) is 24.3 Å². The Morgan fingerprint density at radius 1 is 1.15 bits per heavy atom. The molecule has 0 bridgehead atoms. The van der Waals surface area contributed by atoms with Gasteiger partial charge in [0, 0.05) is 29.1 Å². The fourth-order valence-corrected chi connectivity index (χ4v) is 2.79. The zero-order valence-corrected chi connectivity index (χ0v) is 14.0. The van der Waals surface area contributed by atoms with Crippen molar-refractivity contribution >= 4 is 22.8 Å². The van der Waals surface area contributed by atoms with Crippen molar-refractivity contribution in [3.8, 4) is 11.1 Å². The Labute approximate surface area is 153 Å². The van der Waals surface area contributed by atoms with Gasteiger partial charge in [0.25, 0.3) is 11.5 Å². The Morgan fingerprint density at radius 3 is 2.59 bits per heavy atom. The molecule has 0 atom stereocenters. The molecule has 0 fully saturated rings. The summed E-state index contributed by atoms with van der Waals surface area (Å²) in [6.07, 6.45) is 2.13. The number of halogens is 1. The van der Waals surface area contributed by atoms with Crippen LogP contribution in [0.2, 0.25) is 0 Å². The highest BCUT2D eigenvalue weighted by Crippen LogP contribution is 2.29. The number of amides is 1. The van der Waals surface area contributed by atoms with Gasteiger partial charge in [0.05, 0.1) is 0 Å². The van der Waals surface area contributed by atoms with E-state index in [1.54, 1.807) is 30.3 Å². The Balaban J connectivity index is 2.16. The van der Waals surface area contributed by atoms with Crippen molar-refractivity contribution in [3.05, 3.63) is 82.4 Å². The molecular weight excluding hydrogens is 351 g/mol. The average Bonchev–Trinajstić information content (AvgIpc) is 2.65. The lowest BCUT2D eigenvalue weighted by Crippen LogP contribution is -2.30. The van der Waals surface area contributed by atoms with E-state index in [1.807, 2.05) is 0 Å². The number of aromatic amines is 1. The monoisotopic (exact) mass is 366 g/mol. The van der Waals surface area contributed by atoms with Gasteiger partial charge in [0.1, 0.15) is 11.4 Å². The molecule has 1 heterocycles. The number of benzene rings is 2. The van der Waals surface area contributed by atoms with E-state index < -0.39 is 23.3 Å². The molecule has 0 aliphatic carbocycles. The van der Waals surface area contributed by atoms with Gasteiger partial charge in [-0.15, -0.1) is 0 Å². The number of carbonyl (C=O) groups is 2. The van der Waals surface area contributed by atoms with Crippen molar-refractivity contribution in [2.24, 2.45) is 0 Å². The van der Waals surface area contributed by atoms with Crippen molar-refractivity contribution < 1.29 is 19.1 Å². The molecule has 3 N–H and O–H groups in total. The van der Waals surface area contributed by atoms with Gasteiger partial charge in [0.15, 0.2) is 0 Å². The number of hydrogen-bond acceptors (Lipinski definition) is 3. The smallest absolute Gasteiger partial charge is 0.328 e. The first-order valence-corrected chi connectivity index (χ1v) is 8.06. The Morgan fingerprint density at radius 2 is 1.89 bits per heavy atom. The SMILES string of the molecule is O=C(O)/C=C/CNC(=O)c1c(-c2ccccc2)c2cc(F)ccc2[nH]c1=O. The van der Waals surface area contributed by atoms with Crippen LogP contribution < -0.4 is 10.9 Å². The number of rotatable bonds is 5. The van der Waals surface area contributed by atoms with Crippen molar-refractivity contribution in [2.75, 3.05) is 6.54 Å². The number of hydrogen-bond donors (Lipinski definition) is 3. The number of H-pyrrole nitrogens is 1. The van der Waals surface area contributed by atoms with Crippen LogP contribution in [0.4, 0.5) is 4.39 Å². The molecule has 0 spiro atoms. The zero-order chi connectivity index (χ0) is 19.4. The molecule has 27 heavy (non-hydrogen) atoms. The van der Waals surface area contributed by atoms with Gasteiger partial charge in [-0.05, 0) is 23.8 Å². The van der Waals surface area contributed by atoms with Gasteiger partial charge in [0.2, 0.25) is 0 Å². The maximum atomic E-state index is 13.8. The number of fused-ring (bicyclic) bond motifs is 1. The zero-order valence-electron chi connectivity index (χ0n) is 14.0. The molecule has 1 aromatic heterocycles. The predicted octanol–water partition coefficient (Wildman–Crippen LogP) is 2.70. The van der Waals surface area contributed by atoms with Crippen LogP contribution in [0.1, 0.15) is 10.4 Å². The van der Waals surface area contributed by atoms with Crippen molar-refractivity contribution in [3.63, 3.8) is 0 Å². The minimum Gasteiger partial charge on any atom is -0.478 e. The van der Waals surface area contributed by atoms with Crippen molar-refractivity contribution in [1.29, 1.82) is 0 Å². The first-order valence-electron chi connectivity index (χ1n) is 8.06. The summed E-state index contributed by atoms with van der Waals surface area (Å²) < 4.78 is 13.8.